The maximum absolute atomic E-state index is 12.8. The van der Waals surface area contributed by atoms with Crippen molar-refractivity contribution in [3.05, 3.63) is 88.0 Å². The molecule has 3 aromatic rings. The summed E-state index contributed by atoms with van der Waals surface area (Å²) in [6.07, 6.45) is -1.49. The molecule has 3 rings (SSSR count). The van der Waals surface area contributed by atoms with Gasteiger partial charge in [0.05, 0.1) is 11.1 Å². The highest BCUT2D eigenvalue weighted by molar-refractivity contribution is 6.07. The van der Waals surface area contributed by atoms with Crippen LogP contribution in [0.4, 0.5) is 24.7 Å². The monoisotopic (exact) mass is 388 g/mol. The summed E-state index contributed by atoms with van der Waals surface area (Å²) >= 11 is 0. The number of amides is 1. The molecule has 0 bridgehead atoms. The summed E-state index contributed by atoms with van der Waals surface area (Å²) in [6.45, 7) is 0.289. The molecule has 0 saturated carbocycles. The van der Waals surface area contributed by atoms with Gasteiger partial charge in [0.2, 0.25) is 5.56 Å². The lowest BCUT2D eigenvalue weighted by Crippen LogP contribution is -2.16. The second kappa shape index (κ2) is 7.95. The summed E-state index contributed by atoms with van der Waals surface area (Å²) in [5, 5.41) is 5.43. The molecule has 0 fully saturated rings. The van der Waals surface area contributed by atoms with Crippen molar-refractivity contribution in [1.82, 2.24) is 9.97 Å². The number of rotatable bonds is 5. The average Bonchev–Trinajstić information content (AvgIpc) is 2.67. The highest BCUT2D eigenvalue weighted by atomic mass is 19.4. The van der Waals surface area contributed by atoms with Gasteiger partial charge in [-0.25, -0.2) is 4.98 Å². The quantitative estimate of drug-likeness (QED) is 0.623. The number of hydrogen-bond acceptors (Lipinski definition) is 4. The molecule has 0 aliphatic heterocycles. The largest absolute Gasteiger partial charge is 0.416 e. The minimum Gasteiger partial charge on any atom is -0.365 e. The van der Waals surface area contributed by atoms with E-state index in [4.69, 9.17) is 0 Å². The number of pyridine rings is 2. The van der Waals surface area contributed by atoms with Gasteiger partial charge in [-0.1, -0.05) is 12.1 Å². The van der Waals surface area contributed by atoms with Crippen LogP contribution in [0.25, 0.3) is 0 Å². The van der Waals surface area contributed by atoms with Gasteiger partial charge in [0.1, 0.15) is 5.82 Å². The Kier molecular flexibility index (Phi) is 5.44. The lowest BCUT2D eigenvalue weighted by Gasteiger charge is -2.12. The fourth-order valence-corrected chi connectivity index (χ4v) is 2.44. The topological polar surface area (TPSA) is 86.9 Å². The first-order valence-electron chi connectivity index (χ1n) is 8.18. The smallest absolute Gasteiger partial charge is 0.365 e. The molecular formula is C19H15F3N4O2. The number of halogens is 3. The molecule has 2 aromatic heterocycles. The van der Waals surface area contributed by atoms with Crippen LogP contribution in [-0.2, 0) is 12.7 Å². The molecule has 0 atom stereocenters. The van der Waals surface area contributed by atoms with Gasteiger partial charge in [0.15, 0.2) is 0 Å². The molecule has 1 aromatic carbocycles. The summed E-state index contributed by atoms with van der Waals surface area (Å²) in [6, 6.07) is 10.4. The minimum atomic E-state index is -4.50. The number of carbonyl (C=O) groups is 1. The van der Waals surface area contributed by atoms with Gasteiger partial charge in [0, 0.05) is 30.7 Å². The van der Waals surface area contributed by atoms with E-state index in [2.05, 4.69) is 20.6 Å². The van der Waals surface area contributed by atoms with E-state index in [1.807, 2.05) is 0 Å². The summed E-state index contributed by atoms with van der Waals surface area (Å²) in [5.41, 5.74) is -0.135. The van der Waals surface area contributed by atoms with Crippen LogP contribution in [0.2, 0.25) is 0 Å². The van der Waals surface area contributed by atoms with E-state index >= 15 is 0 Å². The van der Waals surface area contributed by atoms with Gasteiger partial charge in [-0.3, -0.25) is 9.59 Å². The maximum Gasteiger partial charge on any atom is 0.416 e. The standard InChI is InChI=1S/C19H15F3N4O2/c20-19(21,22)13-3-1-4-14(9-13)26-18(28)15-5-2-8-23-17(15)25-11-12-6-7-16(27)24-10-12/h1-10H,11H2,(H,23,25)(H,24,27)(H,26,28). The average molecular weight is 388 g/mol. The molecule has 28 heavy (non-hydrogen) atoms. The van der Waals surface area contributed by atoms with Crippen LogP contribution in [0.1, 0.15) is 21.5 Å². The lowest BCUT2D eigenvalue weighted by atomic mass is 10.1. The molecule has 0 unspecified atom stereocenters. The molecule has 0 radical (unpaired) electrons. The van der Waals surface area contributed by atoms with E-state index in [1.54, 1.807) is 12.1 Å². The number of nitrogens with one attached hydrogen (secondary N) is 3. The first kappa shape index (κ1) is 19.2. The summed E-state index contributed by atoms with van der Waals surface area (Å²) in [5.74, 6) is -0.338. The zero-order valence-corrected chi connectivity index (χ0v) is 14.4. The zero-order chi connectivity index (χ0) is 20.1. The third kappa shape index (κ3) is 4.76. The second-order valence-electron chi connectivity index (χ2n) is 5.85. The lowest BCUT2D eigenvalue weighted by molar-refractivity contribution is -0.137. The number of carbonyl (C=O) groups excluding carboxylic acids is 1. The molecule has 0 aliphatic rings. The Morgan fingerprint density at radius 2 is 1.93 bits per heavy atom. The molecule has 6 nitrogen and oxygen atoms in total. The van der Waals surface area contributed by atoms with Crippen molar-refractivity contribution in [2.24, 2.45) is 0 Å². The number of benzene rings is 1. The van der Waals surface area contributed by atoms with E-state index in [0.29, 0.717) is 0 Å². The van der Waals surface area contributed by atoms with Gasteiger partial charge >= 0.3 is 6.18 Å². The SMILES string of the molecule is O=C(Nc1cccc(C(F)(F)F)c1)c1cccnc1NCc1ccc(=O)[nH]c1. The van der Waals surface area contributed by atoms with Crippen LogP contribution in [0, 0.1) is 0 Å². The Morgan fingerprint density at radius 3 is 2.64 bits per heavy atom. The summed E-state index contributed by atoms with van der Waals surface area (Å²) < 4.78 is 38.5. The Balaban J connectivity index is 1.75. The predicted molar refractivity (Wildman–Crippen MR) is 98.0 cm³/mol. The van der Waals surface area contributed by atoms with Crippen LogP contribution < -0.4 is 16.2 Å². The summed E-state index contributed by atoms with van der Waals surface area (Å²) in [7, 11) is 0. The van der Waals surface area contributed by atoms with E-state index < -0.39 is 17.6 Å². The number of alkyl halides is 3. The van der Waals surface area contributed by atoms with Crippen LogP contribution in [-0.4, -0.2) is 15.9 Å². The van der Waals surface area contributed by atoms with Gasteiger partial charge in [-0.2, -0.15) is 13.2 Å². The molecule has 144 valence electrons. The predicted octanol–water partition coefficient (Wildman–Crippen LogP) is 3.65. The summed E-state index contributed by atoms with van der Waals surface area (Å²) in [4.78, 5) is 30.3. The molecule has 9 heteroatoms. The van der Waals surface area contributed by atoms with Crippen molar-refractivity contribution in [2.75, 3.05) is 10.6 Å². The second-order valence-corrected chi connectivity index (χ2v) is 5.85. The van der Waals surface area contributed by atoms with E-state index in [-0.39, 0.29) is 29.2 Å². The number of H-pyrrole nitrogens is 1. The van der Waals surface area contributed by atoms with Gasteiger partial charge in [-0.15, -0.1) is 0 Å². The van der Waals surface area contributed by atoms with Crippen molar-refractivity contribution in [2.45, 2.75) is 12.7 Å². The number of aromatic amines is 1. The number of anilines is 2. The first-order valence-corrected chi connectivity index (χ1v) is 8.18. The van der Waals surface area contributed by atoms with E-state index in [9.17, 15) is 22.8 Å². The van der Waals surface area contributed by atoms with Crippen LogP contribution in [0.3, 0.4) is 0 Å². The third-order valence-electron chi connectivity index (χ3n) is 3.81. The van der Waals surface area contributed by atoms with Gasteiger partial charge in [-0.05, 0) is 35.9 Å². The minimum absolute atomic E-state index is 0.0234. The highest BCUT2D eigenvalue weighted by Gasteiger charge is 2.30. The number of hydrogen-bond donors (Lipinski definition) is 3. The Labute approximate surface area is 157 Å². The molecule has 0 saturated heterocycles. The fourth-order valence-electron chi connectivity index (χ4n) is 2.44. The van der Waals surface area contributed by atoms with Crippen LogP contribution in [0.15, 0.2) is 65.7 Å². The number of aromatic nitrogens is 2. The van der Waals surface area contributed by atoms with Crippen molar-refractivity contribution < 1.29 is 18.0 Å². The molecule has 3 N–H and O–H groups in total. The van der Waals surface area contributed by atoms with Crippen molar-refractivity contribution in [1.29, 1.82) is 0 Å². The van der Waals surface area contributed by atoms with Gasteiger partial charge < -0.3 is 15.6 Å². The van der Waals surface area contributed by atoms with Crippen molar-refractivity contribution in [3.8, 4) is 0 Å². The Morgan fingerprint density at radius 1 is 1.11 bits per heavy atom. The normalized spacial score (nSPS) is 11.1. The van der Waals surface area contributed by atoms with Crippen molar-refractivity contribution in [3.63, 3.8) is 0 Å². The van der Waals surface area contributed by atoms with Crippen molar-refractivity contribution >= 4 is 17.4 Å². The third-order valence-corrected chi connectivity index (χ3v) is 3.81. The highest BCUT2D eigenvalue weighted by Crippen LogP contribution is 2.30. The maximum atomic E-state index is 12.8. The van der Waals surface area contributed by atoms with E-state index in [1.165, 1.54) is 36.7 Å². The Bertz CT molecular complexity index is 1030. The molecule has 0 aliphatic carbocycles. The van der Waals surface area contributed by atoms with E-state index in [0.717, 1.165) is 17.7 Å². The van der Waals surface area contributed by atoms with Crippen LogP contribution in [0.5, 0.6) is 0 Å². The fraction of sp³-hybridized carbons (Fsp3) is 0.105. The Hall–Kier alpha value is -3.62. The molecule has 1 amide bonds. The molecular weight excluding hydrogens is 373 g/mol. The van der Waals surface area contributed by atoms with Gasteiger partial charge in [0.25, 0.3) is 5.91 Å². The zero-order valence-electron chi connectivity index (χ0n) is 14.4. The molecule has 2 heterocycles. The van der Waals surface area contributed by atoms with Crippen LogP contribution >= 0.6 is 0 Å². The number of nitrogens with zero attached hydrogens (tertiary/aromatic N) is 1. The first-order chi connectivity index (χ1) is 13.3. The molecule has 0 spiro atoms.